The van der Waals surface area contributed by atoms with Crippen LogP contribution in [-0.2, 0) is 17.9 Å². The predicted molar refractivity (Wildman–Crippen MR) is 101 cm³/mol. The van der Waals surface area contributed by atoms with Crippen molar-refractivity contribution < 1.29 is 9.63 Å². The Morgan fingerprint density at radius 1 is 1.15 bits per heavy atom. The highest BCUT2D eigenvalue weighted by Gasteiger charge is 2.23. The summed E-state index contributed by atoms with van der Waals surface area (Å²) in [4.78, 5) is 19.8. The molecular formula is C21H18N4O2. The Bertz CT molecular complexity index is 936. The highest BCUT2D eigenvalue weighted by molar-refractivity contribution is 6.06. The molecule has 1 heterocycles. The first-order valence-corrected chi connectivity index (χ1v) is 8.67. The Kier molecular flexibility index (Phi) is 5.81. The van der Waals surface area contributed by atoms with Crippen molar-refractivity contribution in [2.24, 2.45) is 5.16 Å². The molecule has 0 fully saturated rings. The van der Waals surface area contributed by atoms with Gasteiger partial charge in [-0.2, -0.15) is 10.5 Å². The standard InChI is InChI=1S/C21H18N4O2/c22-12-11-19(14-23)24-27-15-16-7-9-18(10-8-16)21(26)25-13-3-5-17-4-1-2-6-20(17)25/h1-2,4,6-10H,3,5,11,13,15H2/b24-19-. The molecule has 0 radical (unpaired) electrons. The van der Waals surface area contributed by atoms with Crippen molar-refractivity contribution in [1.29, 1.82) is 10.5 Å². The summed E-state index contributed by atoms with van der Waals surface area (Å²) in [6.07, 6.45) is 1.87. The molecule has 0 aromatic heterocycles. The summed E-state index contributed by atoms with van der Waals surface area (Å²) < 4.78 is 0. The topological polar surface area (TPSA) is 89.5 Å². The maximum absolute atomic E-state index is 12.9. The second kappa shape index (κ2) is 8.64. The van der Waals surface area contributed by atoms with Crippen LogP contribution >= 0.6 is 0 Å². The van der Waals surface area contributed by atoms with E-state index >= 15 is 0 Å². The lowest BCUT2D eigenvalue weighted by atomic mass is 10.0. The van der Waals surface area contributed by atoms with E-state index in [9.17, 15) is 4.79 Å². The number of nitrogens with zero attached hydrogens (tertiary/aromatic N) is 4. The van der Waals surface area contributed by atoms with Crippen LogP contribution in [0.4, 0.5) is 5.69 Å². The van der Waals surface area contributed by atoms with Gasteiger partial charge in [-0.1, -0.05) is 35.5 Å². The Balaban J connectivity index is 1.67. The minimum absolute atomic E-state index is 0.0200. The smallest absolute Gasteiger partial charge is 0.258 e. The van der Waals surface area contributed by atoms with Crippen LogP contribution in [0.1, 0.15) is 34.3 Å². The molecule has 134 valence electrons. The molecule has 0 spiro atoms. The lowest BCUT2D eigenvalue weighted by molar-refractivity contribution is 0.0985. The number of nitriles is 2. The summed E-state index contributed by atoms with van der Waals surface area (Å²) in [5.74, 6) is -0.0200. The average molecular weight is 358 g/mol. The fourth-order valence-corrected chi connectivity index (χ4v) is 3.00. The Morgan fingerprint density at radius 2 is 1.93 bits per heavy atom. The third kappa shape index (κ3) is 4.31. The molecule has 0 saturated carbocycles. The molecule has 1 aliphatic heterocycles. The van der Waals surface area contributed by atoms with Crippen LogP contribution < -0.4 is 4.90 Å². The first-order valence-electron chi connectivity index (χ1n) is 8.67. The van der Waals surface area contributed by atoms with Crippen molar-refractivity contribution in [2.75, 3.05) is 11.4 Å². The molecule has 27 heavy (non-hydrogen) atoms. The number of hydrogen-bond donors (Lipinski definition) is 0. The van der Waals surface area contributed by atoms with E-state index in [1.165, 1.54) is 5.56 Å². The summed E-state index contributed by atoms with van der Waals surface area (Å²) in [7, 11) is 0. The summed E-state index contributed by atoms with van der Waals surface area (Å²) in [6, 6.07) is 18.8. The summed E-state index contributed by atoms with van der Waals surface area (Å²) in [5.41, 5.74) is 3.65. The van der Waals surface area contributed by atoms with E-state index < -0.39 is 0 Å². The van der Waals surface area contributed by atoms with Crippen LogP contribution in [-0.4, -0.2) is 18.2 Å². The summed E-state index contributed by atoms with van der Waals surface area (Å²) >= 11 is 0. The zero-order chi connectivity index (χ0) is 19.1. The van der Waals surface area contributed by atoms with Crippen LogP contribution in [0, 0.1) is 22.7 Å². The van der Waals surface area contributed by atoms with E-state index in [0.29, 0.717) is 12.1 Å². The molecule has 3 rings (SSSR count). The SMILES string of the molecule is N#CC/C(C#N)=N/OCc1ccc(C(=O)N2CCCc3ccccc32)cc1. The number of anilines is 1. The summed E-state index contributed by atoms with van der Waals surface area (Å²) in [5, 5.41) is 21.0. The van der Waals surface area contributed by atoms with Crippen LogP contribution in [0.5, 0.6) is 0 Å². The molecule has 1 aliphatic rings. The first kappa shape index (κ1) is 18.2. The van der Waals surface area contributed by atoms with Gasteiger partial charge in [-0.15, -0.1) is 0 Å². The van der Waals surface area contributed by atoms with Crippen molar-refractivity contribution in [3.63, 3.8) is 0 Å². The van der Waals surface area contributed by atoms with Gasteiger partial charge in [0.1, 0.15) is 12.7 Å². The van der Waals surface area contributed by atoms with E-state index in [-0.39, 0.29) is 24.6 Å². The molecule has 6 nitrogen and oxygen atoms in total. The van der Waals surface area contributed by atoms with Gasteiger partial charge >= 0.3 is 0 Å². The zero-order valence-corrected chi connectivity index (χ0v) is 14.8. The molecule has 0 aliphatic carbocycles. The van der Waals surface area contributed by atoms with E-state index in [0.717, 1.165) is 24.1 Å². The molecule has 2 aromatic rings. The molecular weight excluding hydrogens is 340 g/mol. The number of amides is 1. The van der Waals surface area contributed by atoms with Gasteiger partial charge in [-0.3, -0.25) is 4.79 Å². The van der Waals surface area contributed by atoms with E-state index in [1.54, 1.807) is 24.3 Å². The maximum Gasteiger partial charge on any atom is 0.258 e. The number of carbonyl (C=O) groups excluding carboxylic acids is 1. The van der Waals surface area contributed by atoms with Crippen molar-refractivity contribution in [3.05, 3.63) is 65.2 Å². The molecule has 0 atom stereocenters. The zero-order valence-electron chi connectivity index (χ0n) is 14.8. The fourth-order valence-electron chi connectivity index (χ4n) is 3.00. The Morgan fingerprint density at radius 3 is 2.67 bits per heavy atom. The predicted octanol–water partition coefficient (Wildman–Crippen LogP) is 3.59. The molecule has 0 saturated heterocycles. The Labute approximate surface area is 157 Å². The number of benzene rings is 2. The molecule has 1 amide bonds. The van der Waals surface area contributed by atoms with Gasteiger partial charge in [0.2, 0.25) is 0 Å². The molecule has 6 heteroatoms. The minimum atomic E-state index is -0.0821. The fraction of sp³-hybridized carbons (Fsp3) is 0.238. The third-order valence-corrected chi connectivity index (χ3v) is 4.34. The van der Waals surface area contributed by atoms with E-state index in [4.69, 9.17) is 15.4 Å². The van der Waals surface area contributed by atoms with Crippen LogP contribution in [0.2, 0.25) is 0 Å². The highest BCUT2D eigenvalue weighted by atomic mass is 16.6. The summed E-state index contributed by atoms with van der Waals surface area (Å²) in [6.45, 7) is 0.878. The minimum Gasteiger partial charge on any atom is -0.390 e. The van der Waals surface area contributed by atoms with Crippen molar-refractivity contribution in [2.45, 2.75) is 25.9 Å². The van der Waals surface area contributed by atoms with E-state index in [2.05, 4.69) is 11.2 Å². The second-order valence-corrected chi connectivity index (χ2v) is 6.14. The monoisotopic (exact) mass is 358 g/mol. The Hall–Kier alpha value is -3.64. The third-order valence-electron chi connectivity index (χ3n) is 4.34. The van der Waals surface area contributed by atoms with Gasteiger partial charge in [0.25, 0.3) is 5.91 Å². The van der Waals surface area contributed by atoms with Crippen LogP contribution in [0.25, 0.3) is 0 Å². The van der Waals surface area contributed by atoms with Crippen molar-refractivity contribution >= 4 is 17.3 Å². The van der Waals surface area contributed by atoms with Gasteiger partial charge in [0.15, 0.2) is 5.71 Å². The van der Waals surface area contributed by atoms with Crippen LogP contribution in [0.3, 0.4) is 0 Å². The number of rotatable bonds is 5. The quantitative estimate of drug-likeness (QED) is 0.603. The average Bonchev–Trinajstić information content (AvgIpc) is 2.72. The first-order chi connectivity index (χ1) is 13.2. The number of para-hydroxylation sites is 1. The lowest BCUT2D eigenvalue weighted by Crippen LogP contribution is -2.35. The highest BCUT2D eigenvalue weighted by Crippen LogP contribution is 2.28. The molecule has 0 bridgehead atoms. The normalized spacial score (nSPS) is 13.3. The second-order valence-electron chi connectivity index (χ2n) is 6.14. The van der Waals surface area contributed by atoms with Crippen molar-refractivity contribution in [1.82, 2.24) is 0 Å². The van der Waals surface area contributed by atoms with Gasteiger partial charge < -0.3 is 9.74 Å². The van der Waals surface area contributed by atoms with Gasteiger partial charge in [0, 0.05) is 17.8 Å². The number of hydrogen-bond acceptors (Lipinski definition) is 5. The molecule has 0 N–H and O–H groups in total. The number of carbonyl (C=O) groups is 1. The molecule has 2 aromatic carbocycles. The lowest BCUT2D eigenvalue weighted by Gasteiger charge is -2.29. The van der Waals surface area contributed by atoms with Gasteiger partial charge in [-0.05, 0) is 42.2 Å². The maximum atomic E-state index is 12.9. The molecule has 0 unspecified atom stereocenters. The van der Waals surface area contributed by atoms with Gasteiger partial charge in [-0.25, -0.2) is 0 Å². The number of aryl methyl sites for hydroxylation is 1. The number of oxime groups is 1. The van der Waals surface area contributed by atoms with E-state index in [1.807, 2.05) is 35.2 Å². The number of fused-ring (bicyclic) bond motifs is 1. The van der Waals surface area contributed by atoms with Crippen LogP contribution in [0.15, 0.2) is 53.7 Å². The van der Waals surface area contributed by atoms with Crippen molar-refractivity contribution in [3.8, 4) is 12.1 Å². The van der Waals surface area contributed by atoms with Gasteiger partial charge in [0.05, 0.1) is 12.5 Å². The largest absolute Gasteiger partial charge is 0.390 e.